The molecule has 2 nitrogen and oxygen atoms in total. The van der Waals surface area contributed by atoms with Gasteiger partial charge in [0.1, 0.15) is 0 Å². The van der Waals surface area contributed by atoms with Crippen LogP contribution in [-0.2, 0) is 0 Å². The van der Waals surface area contributed by atoms with Gasteiger partial charge >= 0.3 is 0 Å². The lowest BCUT2D eigenvalue weighted by Gasteiger charge is -2.04. The molecule has 1 aliphatic rings. The van der Waals surface area contributed by atoms with E-state index >= 15 is 0 Å². The molecule has 0 saturated carbocycles. The molecule has 8 heavy (non-hydrogen) atoms. The first-order valence-electron chi connectivity index (χ1n) is 3.09. The molecule has 1 atom stereocenters. The van der Waals surface area contributed by atoms with Crippen LogP contribution in [0.25, 0.3) is 0 Å². The molecule has 0 radical (unpaired) electrons. The smallest absolute Gasteiger partial charge is 0.0445 e. The molecule has 1 aliphatic heterocycles. The third-order valence-electron chi connectivity index (χ3n) is 1.58. The van der Waals surface area contributed by atoms with E-state index in [-0.39, 0.29) is 0 Å². The maximum absolute atomic E-state index is 7.23. The first-order valence-corrected chi connectivity index (χ1v) is 3.09. The lowest BCUT2D eigenvalue weighted by atomic mass is 10.1. The van der Waals surface area contributed by atoms with Crippen LogP contribution >= 0.6 is 0 Å². The molecule has 0 spiro atoms. The van der Waals surface area contributed by atoms with Crippen LogP contribution in [0.2, 0.25) is 0 Å². The third kappa shape index (κ3) is 1.07. The number of hydrogen-bond acceptors (Lipinski definition) is 2. The van der Waals surface area contributed by atoms with Crippen LogP contribution in [0, 0.1) is 5.41 Å². The van der Waals surface area contributed by atoms with Gasteiger partial charge in [0.2, 0.25) is 0 Å². The Kier molecular flexibility index (Phi) is 1.63. The van der Waals surface area contributed by atoms with E-state index in [2.05, 4.69) is 5.32 Å². The summed E-state index contributed by atoms with van der Waals surface area (Å²) in [5, 5.41) is 10.5. The van der Waals surface area contributed by atoms with Crippen LogP contribution in [0.3, 0.4) is 0 Å². The molecule has 0 aliphatic carbocycles. The second-order valence-corrected chi connectivity index (χ2v) is 2.33. The van der Waals surface area contributed by atoms with Crippen LogP contribution in [0.1, 0.15) is 19.8 Å². The normalized spacial score (nSPS) is 28.4. The average Bonchev–Trinajstić information content (AvgIpc) is 2.12. The van der Waals surface area contributed by atoms with Gasteiger partial charge in [-0.05, 0) is 26.3 Å². The molecule has 0 aromatic carbocycles. The summed E-state index contributed by atoms with van der Waals surface area (Å²) in [5.74, 6) is 0. The summed E-state index contributed by atoms with van der Waals surface area (Å²) in [6.45, 7) is 2.96. The van der Waals surface area contributed by atoms with Gasteiger partial charge in [-0.25, -0.2) is 0 Å². The van der Waals surface area contributed by atoms with E-state index in [9.17, 15) is 0 Å². The molecule has 2 heteroatoms. The molecule has 1 heterocycles. The minimum absolute atomic E-state index is 0.398. The molecule has 46 valence electrons. The summed E-state index contributed by atoms with van der Waals surface area (Å²) in [6, 6.07) is 0.398. The van der Waals surface area contributed by atoms with Crippen molar-refractivity contribution < 1.29 is 0 Å². The van der Waals surface area contributed by atoms with Crippen molar-refractivity contribution in [1.82, 2.24) is 5.32 Å². The Bertz CT molecular complexity index is 92.7. The first kappa shape index (κ1) is 5.76. The van der Waals surface area contributed by atoms with E-state index in [4.69, 9.17) is 5.41 Å². The fourth-order valence-electron chi connectivity index (χ4n) is 1.05. The van der Waals surface area contributed by atoms with E-state index < -0.39 is 0 Å². The van der Waals surface area contributed by atoms with Crippen LogP contribution in [-0.4, -0.2) is 18.3 Å². The molecule has 0 bridgehead atoms. The summed E-state index contributed by atoms with van der Waals surface area (Å²) >= 11 is 0. The quantitative estimate of drug-likeness (QED) is 0.483. The van der Waals surface area contributed by atoms with Crippen molar-refractivity contribution in [2.75, 3.05) is 6.54 Å². The Morgan fingerprint density at radius 3 is 2.75 bits per heavy atom. The van der Waals surface area contributed by atoms with Gasteiger partial charge in [0, 0.05) is 11.8 Å². The Hall–Kier alpha value is -0.370. The van der Waals surface area contributed by atoms with Crippen molar-refractivity contribution in [1.29, 1.82) is 5.41 Å². The number of nitrogens with one attached hydrogen (secondary N) is 2. The van der Waals surface area contributed by atoms with E-state index in [1.165, 1.54) is 6.42 Å². The molecule has 0 aromatic rings. The van der Waals surface area contributed by atoms with Crippen molar-refractivity contribution in [2.24, 2.45) is 0 Å². The predicted molar refractivity (Wildman–Crippen MR) is 34.4 cm³/mol. The van der Waals surface area contributed by atoms with Gasteiger partial charge in [0.05, 0.1) is 0 Å². The molecule has 1 saturated heterocycles. The molecular formula is C6H12N2. The Morgan fingerprint density at radius 1 is 1.75 bits per heavy atom. The lowest BCUT2D eigenvalue weighted by Crippen LogP contribution is -2.27. The topological polar surface area (TPSA) is 35.9 Å². The standard InChI is InChI=1S/C6H12N2/c1-5(7)6-3-2-4-8-6/h6-8H,2-4H2,1H3/t6-/m0/s1. The van der Waals surface area contributed by atoms with E-state index in [1.54, 1.807) is 0 Å². The minimum atomic E-state index is 0.398. The summed E-state index contributed by atoms with van der Waals surface area (Å²) in [5.41, 5.74) is 0.780. The lowest BCUT2D eigenvalue weighted by molar-refractivity contribution is 0.755. The van der Waals surface area contributed by atoms with Crippen LogP contribution in [0.5, 0.6) is 0 Å². The summed E-state index contributed by atoms with van der Waals surface area (Å²) < 4.78 is 0. The van der Waals surface area contributed by atoms with Crippen molar-refractivity contribution in [3.63, 3.8) is 0 Å². The van der Waals surface area contributed by atoms with E-state index in [0.29, 0.717) is 6.04 Å². The van der Waals surface area contributed by atoms with Gasteiger partial charge in [-0.15, -0.1) is 0 Å². The van der Waals surface area contributed by atoms with Crippen molar-refractivity contribution in [3.8, 4) is 0 Å². The first-order chi connectivity index (χ1) is 3.80. The molecule has 1 fully saturated rings. The Labute approximate surface area is 49.8 Å². The highest BCUT2D eigenvalue weighted by atomic mass is 14.9. The van der Waals surface area contributed by atoms with Crippen molar-refractivity contribution >= 4 is 5.71 Å². The average molecular weight is 112 g/mol. The molecular weight excluding hydrogens is 100 g/mol. The largest absolute Gasteiger partial charge is 0.309 e. The molecule has 0 aromatic heterocycles. The number of hydrogen-bond donors (Lipinski definition) is 2. The molecule has 1 rings (SSSR count). The highest BCUT2D eigenvalue weighted by molar-refractivity contribution is 5.84. The SMILES string of the molecule is CC(=N)[C@@H]1CCCN1. The fourth-order valence-corrected chi connectivity index (χ4v) is 1.05. The second-order valence-electron chi connectivity index (χ2n) is 2.33. The van der Waals surface area contributed by atoms with Crippen molar-refractivity contribution in [2.45, 2.75) is 25.8 Å². The zero-order valence-corrected chi connectivity index (χ0v) is 5.20. The minimum Gasteiger partial charge on any atom is -0.309 e. The van der Waals surface area contributed by atoms with Crippen molar-refractivity contribution in [3.05, 3.63) is 0 Å². The van der Waals surface area contributed by atoms with Gasteiger partial charge in [-0.3, -0.25) is 0 Å². The summed E-state index contributed by atoms with van der Waals surface area (Å²) in [4.78, 5) is 0. The number of rotatable bonds is 1. The maximum atomic E-state index is 7.23. The summed E-state index contributed by atoms with van der Waals surface area (Å²) in [7, 11) is 0. The van der Waals surface area contributed by atoms with Gasteiger partial charge in [-0.1, -0.05) is 0 Å². The Morgan fingerprint density at radius 2 is 2.50 bits per heavy atom. The zero-order chi connectivity index (χ0) is 5.98. The monoisotopic (exact) mass is 112 g/mol. The highest BCUT2D eigenvalue weighted by Crippen LogP contribution is 2.04. The van der Waals surface area contributed by atoms with Crippen LogP contribution in [0.15, 0.2) is 0 Å². The van der Waals surface area contributed by atoms with E-state index in [0.717, 1.165) is 18.7 Å². The van der Waals surface area contributed by atoms with Gasteiger partial charge in [0.15, 0.2) is 0 Å². The second kappa shape index (κ2) is 2.27. The zero-order valence-electron chi connectivity index (χ0n) is 5.20. The van der Waals surface area contributed by atoms with Gasteiger partial charge in [0.25, 0.3) is 0 Å². The van der Waals surface area contributed by atoms with Crippen LogP contribution in [0.4, 0.5) is 0 Å². The molecule has 0 amide bonds. The van der Waals surface area contributed by atoms with E-state index in [1.807, 2.05) is 6.92 Å². The predicted octanol–water partition coefficient (Wildman–Crippen LogP) is 0.778. The maximum Gasteiger partial charge on any atom is 0.0445 e. The fraction of sp³-hybridized carbons (Fsp3) is 0.833. The third-order valence-corrected chi connectivity index (χ3v) is 1.58. The van der Waals surface area contributed by atoms with Crippen LogP contribution < -0.4 is 5.32 Å². The summed E-state index contributed by atoms with van der Waals surface area (Å²) in [6.07, 6.45) is 2.40. The molecule has 2 N–H and O–H groups in total. The molecule has 0 unspecified atom stereocenters. The highest BCUT2D eigenvalue weighted by Gasteiger charge is 2.14. The van der Waals surface area contributed by atoms with Gasteiger partial charge in [-0.2, -0.15) is 0 Å². The Balaban J connectivity index is 2.35. The van der Waals surface area contributed by atoms with Gasteiger partial charge < -0.3 is 10.7 Å².